The number of unbranched alkanes of at least 4 members (excludes halogenated alkanes) is 20. The van der Waals surface area contributed by atoms with Gasteiger partial charge in [-0.15, -0.1) is 0 Å². The minimum absolute atomic E-state index is 0.381. The van der Waals surface area contributed by atoms with E-state index in [1.165, 1.54) is 167 Å². The average molecular weight is 466 g/mol. The van der Waals surface area contributed by atoms with E-state index in [0.717, 1.165) is 0 Å². The molecule has 0 N–H and O–H groups in total. The second-order valence-corrected chi connectivity index (χ2v) is 11.6. The molecule has 0 aromatic heterocycles. The number of nitrogens with zero attached hydrogens (tertiary/aromatic N) is 1. The molecule has 0 unspecified atom stereocenters. The lowest BCUT2D eigenvalue weighted by molar-refractivity contribution is 0.105. The summed E-state index contributed by atoms with van der Waals surface area (Å²) in [5.74, 6) is 0. The van der Waals surface area contributed by atoms with Gasteiger partial charge in [-0.2, -0.15) is 0 Å². The second-order valence-electron chi connectivity index (χ2n) is 11.6. The van der Waals surface area contributed by atoms with Crippen LogP contribution >= 0.6 is 0 Å². The Kier molecular flexibility index (Phi) is 25.0. The van der Waals surface area contributed by atoms with Crippen LogP contribution in [0, 0.1) is 0 Å². The average Bonchev–Trinajstić information content (AvgIpc) is 2.79. The lowest BCUT2D eigenvalue weighted by Gasteiger charge is -2.39. The van der Waals surface area contributed by atoms with Crippen LogP contribution < -0.4 is 0 Å². The Morgan fingerprint density at radius 2 is 0.636 bits per heavy atom. The van der Waals surface area contributed by atoms with Gasteiger partial charge in [-0.1, -0.05) is 156 Å². The van der Waals surface area contributed by atoms with E-state index in [0.29, 0.717) is 5.54 Å². The Labute approximate surface area is 212 Å². The molecular weight excluding hydrogens is 398 g/mol. The Morgan fingerprint density at radius 3 is 0.909 bits per heavy atom. The van der Waals surface area contributed by atoms with Crippen LogP contribution in [0.2, 0.25) is 0 Å². The fraction of sp³-hybridized carbons (Fsp3) is 1.00. The first-order valence-corrected chi connectivity index (χ1v) is 15.8. The van der Waals surface area contributed by atoms with E-state index in [2.05, 4.69) is 39.5 Å². The first-order chi connectivity index (χ1) is 16.1. The molecule has 0 aromatic rings. The molecule has 0 radical (unpaired) electrons. The summed E-state index contributed by atoms with van der Waals surface area (Å²) in [5.41, 5.74) is 0.381. The summed E-state index contributed by atoms with van der Waals surface area (Å²) in [6.07, 6.45) is 34.4. The van der Waals surface area contributed by atoms with Crippen molar-refractivity contribution in [3.63, 3.8) is 0 Å². The van der Waals surface area contributed by atoms with E-state index in [-0.39, 0.29) is 0 Å². The van der Waals surface area contributed by atoms with E-state index in [4.69, 9.17) is 0 Å². The van der Waals surface area contributed by atoms with Gasteiger partial charge in [0.2, 0.25) is 0 Å². The first-order valence-electron chi connectivity index (χ1n) is 15.8. The molecule has 0 amide bonds. The third kappa shape index (κ3) is 22.2. The topological polar surface area (TPSA) is 3.24 Å². The number of hydrogen-bond acceptors (Lipinski definition) is 1. The molecule has 0 aliphatic rings. The Balaban J connectivity index is 3.83. The Bertz CT molecular complexity index is 336. The molecule has 0 aliphatic heterocycles. The maximum absolute atomic E-state index is 2.85. The summed E-state index contributed by atoms with van der Waals surface area (Å²) >= 11 is 0. The molecule has 0 spiro atoms. The summed E-state index contributed by atoms with van der Waals surface area (Å²) in [6.45, 7) is 14.6. The summed E-state index contributed by atoms with van der Waals surface area (Å²) < 4.78 is 0. The van der Waals surface area contributed by atoms with Gasteiger partial charge in [-0.25, -0.2) is 0 Å². The van der Waals surface area contributed by atoms with Crippen molar-refractivity contribution in [2.45, 2.75) is 194 Å². The van der Waals surface area contributed by atoms with E-state index in [9.17, 15) is 0 Å². The monoisotopic (exact) mass is 466 g/mol. The zero-order valence-electron chi connectivity index (χ0n) is 24.3. The molecule has 0 aromatic carbocycles. The quantitative estimate of drug-likeness (QED) is 0.109. The largest absolute Gasteiger partial charge is 0.298 e. The molecule has 200 valence electrons. The summed E-state index contributed by atoms with van der Waals surface area (Å²) in [4.78, 5) is 2.85. The van der Waals surface area contributed by atoms with Gasteiger partial charge in [-0.3, -0.25) is 4.90 Å². The third-order valence-corrected chi connectivity index (χ3v) is 7.78. The molecule has 0 fully saturated rings. The predicted octanol–water partition coefficient (Wildman–Crippen LogP) is 11.5. The van der Waals surface area contributed by atoms with Crippen LogP contribution in [0.5, 0.6) is 0 Å². The zero-order chi connectivity index (χ0) is 24.5. The third-order valence-electron chi connectivity index (χ3n) is 7.78. The van der Waals surface area contributed by atoms with Gasteiger partial charge in [0.05, 0.1) is 0 Å². The van der Waals surface area contributed by atoms with Crippen molar-refractivity contribution in [3.8, 4) is 0 Å². The highest BCUT2D eigenvalue weighted by Crippen LogP contribution is 2.23. The van der Waals surface area contributed by atoms with Gasteiger partial charge in [0.15, 0.2) is 0 Å². The first kappa shape index (κ1) is 33.0. The van der Waals surface area contributed by atoms with Crippen LogP contribution in [-0.2, 0) is 0 Å². The second kappa shape index (κ2) is 25.1. The highest BCUT2D eigenvalue weighted by atomic mass is 15.2. The van der Waals surface area contributed by atoms with Crippen molar-refractivity contribution in [2.24, 2.45) is 0 Å². The number of hydrogen-bond donors (Lipinski definition) is 0. The van der Waals surface area contributed by atoms with Gasteiger partial charge in [0.25, 0.3) is 0 Å². The SMILES string of the molecule is CCCCCCCCCCCCCN(CCCCCCCCCCCCC)C(C)(C)CCC. The smallest absolute Gasteiger partial charge is 0.0153 e. The van der Waals surface area contributed by atoms with Gasteiger partial charge < -0.3 is 0 Å². The molecule has 0 saturated carbocycles. The van der Waals surface area contributed by atoms with Crippen LogP contribution in [0.3, 0.4) is 0 Å². The van der Waals surface area contributed by atoms with E-state index in [1.807, 2.05) is 0 Å². The molecule has 1 heteroatoms. The van der Waals surface area contributed by atoms with Crippen molar-refractivity contribution in [2.75, 3.05) is 13.1 Å². The van der Waals surface area contributed by atoms with Crippen molar-refractivity contribution >= 4 is 0 Å². The molecule has 0 rings (SSSR count). The van der Waals surface area contributed by atoms with Crippen LogP contribution in [0.25, 0.3) is 0 Å². The molecule has 0 saturated heterocycles. The minimum atomic E-state index is 0.381. The lowest BCUT2D eigenvalue weighted by Crippen LogP contribution is -2.45. The van der Waals surface area contributed by atoms with E-state index in [1.54, 1.807) is 0 Å². The fourth-order valence-electron chi connectivity index (χ4n) is 5.42. The summed E-state index contributed by atoms with van der Waals surface area (Å²) in [5, 5.41) is 0. The van der Waals surface area contributed by atoms with E-state index < -0.39 is 0 Å². The predicted molar refractivity (Wildman–Crippen MR) is 153 cm³/mol. The van der Waals surface area contributed by atoms with Crippen LogP contribution in [0.15, 0.2) is 0 Å². The molecule has 1 nitrogen and oxygen atoms in total. The van der Waals surface area contributed by atoms with Crippen molar-refractivity contribution in [1.82, 2.24) is 4.90 Å². The van der Waals surface area contributed by atoms with Gasteiger partial charge in [0.1, 0.15) is 0 Å². The Hall–Kier alpha value is -0.0400. The van der Waals surface area contributed by atoms with Gasteiger partial charge in [0, 0.05) is 5.54 Å². The van der Waals surface area contributed by atoms with Gasteiger partial charge in [-0.05, 0) is 46.2 Å². The standard InChI is InChI=1S/C32H67N/c1-6-9-11-13-15-17-19-21-23-25-27-30-33(32(4,5)29-8-3)31-28-26-24-22-20-18-16-14-12-10-7-2/h6-31H2,1-5H3. The van der Waals surface area contributed by atoms with Crippen molar-refractivity contribution in [1.29, 1.82) is 0 Å². The maximum atomic E-state index is 2.85. The van der Waals surface area contributed by atoms with E-state index >= 15 is 0 Å². The van der Waals surface area contributed by atoms with Gasteiger partial charge >= 0.3 is 0 Å². The van der Waals surface area contributed by atoms with Crippen LogP contribution in [0.1, 0.15) is 189 Å². The molecule has 33 heavy (non-hydrogen) atoms. The van der Waals surface area contributed by atoms with Crippen LogP contribution in [0.4, 0.5) is 0 Å². The summed E-state index contributed by atoms with van der Waals surface area (Å²) in [7, 11) is 0. The molecule has 0 atom stereocenters. The fourth-order valence-corrected chi connectivity index (χ4v) is 5.42. The highest BCUT2D eigenvalue weighted by Gasteiger charge is 2.24. The Morgan fingerprint density at radius 1 is 0.364 bits per heavy atom. The molecular formula is C32H67N. The lowest BCUT2D eigenvalue weighted by atomic mass is 9.95. The van der Waals surface area contributed by atoms with Crippen LogP contribution in [-0.4, -0.2) is 23.5 Å². The number of rotatable bonds is 27. The maximum Gasteiger partial charge on any atom is 0.0153 e. The zero-order valence-corrected chi connectivity index (χ0v) is 24.3. The molecule has 0 bridgehead atoms. The molecule has 0 aliphatic carbocycles. The van der Waals surface area contributed by atoms with Crippen molar-refractivity contribution < 1.29 is 0 Å². The summed E-state index contributed by atoms with van der Waals surface area (Å²) in [6, 6.07) is 0. The highest BCUT2D eigenvalue weighted by molar-refractivity contribution is 4.81. The minimum Gasteiger partial charge on any atom is -0.298 e. The normalized spacial score (nSPS) is 12.2. The van der Waals surface area contributed by atoms with Crippen molar-refractivity contribution in [3.05, 3.63) is 0 Å². The molecule has 0 heterocycles.